The fourth-order valence-corrected chi connectivity index (χ4v) is 3.30. The quantitative estimate of drug-likeness (QED) is 0.880. The Bertz CT molecular complexity index is 800. The summed E-state index contributed by atoms with van der Waals surface area (Å²) in [7, 11) is -3.18. The van der Waals surface area contributed by atoms with E-state index in [4.69, 9.17) is 5.73 Å². The zero-order valence-electron chi connectivity index (χ0n) is 11.7. The van der Waals surface area contributed by atoms with E-state index < -0.39 is 15.7 Å². The molecule has 0 bridgehead atoms. The lowest BCUT2D eigenvalue weighted by Crippen LogP contribution is -2.11. The summed E-state index contributed by atoms with van der Waals surface area (Å²) in [6, 6.07) is 8.66. The molecule has 6 heteroatoms. The van der Waals surface area contributed by atoms with Crippen LogP contribution in [0.25, 0.3) is 17.2 Å². The van der Waals surface area contributed by atoms with Crippen LogP contribution in [0, 0.1) is 0 Å². The molecule has 0 aliphatic carbocycles. The Balaban J connectivity index is 2.30. The van der Waals surface area contributed by atoms with Crippen LogP contribution in [-0.2, 0) is 14.6 Å². The fourth-order valence-electron chi connectivity index (χ4n) is 1.76. The number of amides is 1. The second-order valence-corrected chi connectivity index (χ2v) is 7.68. The van der Waals surface area contributed by atoms with E-state index in [1.165, 1.54) is 17.6 Å². The van der Waals surface area contributed by atoms with Crippen LogP contribution >= 0.6 is 11.3 Å². The lowest BCUT2D eigenvalue weighted by molar-refractivity contribution is -0.114. The maximum absolute atomic E-state index is 11.4. The molecule has 2 aromatic rings. The van der Waals surface area contributed by atoms with Crippen molar-refractivity contribution in [3.8, 4) is 11.1 Å². The van der Waals surface area contributed by atoms with Gasteiger partial charge in [0.05, 0.1) is 4.90 Å². The largest absolute Gasteiger partial charge is 0.366 e. The molecule has 1 amide bonds. The second kappa shape index (κ2) is 5.83. The van der Waals surface area contributed by atoms with E-state index in [-0.39, 0.29) is 0 Å². The molecule has 0 aliphatic rings. The van der Waals surface area contributed by atoms with Crippen molar-refractivity contribution in [2.45, 2.75) is 11.8 Å². The molecule has 0 spiro atoms. The highest BCUT2D eigenvalue weighted by atomic mass is 32.2. The first-order valence-electron chi connectivity index (χ1n) is 6.14. The summed E-state index contributed by atoms with van der Waals surface area (Å²) in [6.45, 7) is 1.67. The monoisotopic (exact) mass is 321 g/mol. The number of rotatable bonds is 4. The lowest BCUT2D eigenvalue weighted by Gasteiger charge is -2.00. The van der Waals surface area contributed by atoms with Gasteiger partial charge in [0.25, 0.3) is 0 Å². The molecule has 0 fully saturated rings. The van der Waals surface area contributed by atoms with Gasteiger partial charge in [-0.15, -0.1) is 11.3 Å². The van der Waals surface area contributed by atoms with Gasteiger partial charge in [0.15, 0.2) is 9.84 Å². The average molecular weight is 321 g/mol. The highest BCUT2D eigenvalue weighted by Gasteiger charge is 2.08. The topological polar surface area (TPSA) is 77.2 Å². The van der Waals surface area contributed by atoms with Crippen LogP contribution in [0.1, 0.15) is 11.8 Å². The molecule has 0 saturated heterocycles. The van der Waals surface area contributed by atoms with Crippen molar-refractivity contribution in [1.82, 2.24) is 0 Å². The predicted molar refractivity (Wildman–Crippen MR) is 85.7 cm³/mol. The third-order valence-corrected chi connectivity index (χ3v) is 4.99. The van der Waals surface area contributed by atoms with Crippen LogP contribution in [-0.4, -0.2) is 20.6 Å². The van der Waals surface area contributed by atoms with Gasteiger partial charge < -0.3 is 5.73 Å². The van der Waals surface area contributed by atoms with Gasteiger partial charge in [0.2, 0.25) is 5.91 Å². The number of hydrogen-bond donors (Lipinski definition) is 1. The molecule has 4 nitrogen and oxygen atoms in total. The summed E-state index contributed by atoms with van der Waals surface area (Å²) in [6.07, 6.45) is 2.92. The highest BCUT2D eigenvalue weighted by Crippen LogP contribution is 2.28. The minimum Gasteiger partial charge on any atom is -0.366 e. The van der Waals surface area contributed by atoms with Crippen LogP contribution in [0.5, 0.6) is 0 Å². The number of carbonyl (C=O) groups is 1. The number of benzene rings is 1. The number of primary amides is 1. The maximum Gasteiger partial charge on any atom is 0.244 e. The standard InChI is InChI=1S/C15H15NO3S2/c1-10(15(16)17)7-13-8-12(9-20-13)11-3-5-14(6-4-11)21(2,18)19/h3-9H,1-2H3,(H2,16,17)/b10-7+. The number of nitrogens with two attached hydrogens (primary N) is 1. The molecule has 0 radical (unpaired) electrons. The Morgan fingerprint density at radius 1 is 1.19 bits per heavy atom. The van der Waals surface area contributed by atoms with Crippen molar-refractivity contribution < 1.29 is 13.2 Å². The summed E-state index contributed by atoms with van der Waals surface area (Å²) in [4.78, 5) is 12.2. The number of hydrogen-bond acceptors (Lipinski definition) is 4. The summed E-state index contributed by atoms with van der Waals surface area (Å²) in [5.41, 5.74) is 7.60. The molecular formula is C15H15NO3S2. The Hall–Kier alpha value is -1.92. The average Bonchev–Trinajstić information content (AvgIpc) is 2.86. The van der Waals surface area contributed by atoms with Gasteiger partial charge in [-0.05, 0) is 47.7 Å². The van der Waals surface area contributed by atoms with Crippen LogP contribution in [0.3, 0.4) is 0 Å². The van der Waals surface area contributed by atoms with Crippen molar-refractivity contribution >= 4 is 33.2 Å². The van der Waals surface area contributed by atoms with E-state index in [1.54, 1.807) is 37.3 Å². The van der Waals surface area contributed by atoms with E-state index in [1.807, 2.05) is 11.4 Å². The van der Waals surface area contributed by atoms with Crippen molar-refractivity contribution in [2.24, 2.45) is 5.73 Å². The van der Waals surface area contributed by atoms with Gasteiger partial charge >= 0.3 is 0 Å². The SMILES string of the molecule is C/C(=C\c1cc(-c2ccc(S(C)(=O)=O)cc2)cs1)C(N)=O. The molecule has 21 heavy (non-hydrogen) atoms. The van der Waals surface area contributed by atoms with Gasteiger partial charge in [-0.1, -0.05) is 12.1 Å². The minimum absolute atomic E-state index is 0.297. The molecule has 2 N–H and O–H groups in total. The van der Waals surface area contributed by atoms with E-state index >= 15 is 0 Å². The number of carbonyl (C=O) groups excluding carboxylic acids is 1. The molecule has 1 aromatic heterocycles. The van der Waals surface area contributed by atoms with Crippen molar-refractivity contribution in [1.29, 1.82) is 0 Å². The van der Waals surface area contributed by atoms with Crippen LogP contribution in [0.2, 0.25) is 0 Å². The third-order valence-electron chi connectivity index (χ3n) is 2.98. The van der Waals surface area contributed by atoms with Gasteiger partial charge in [0, 0.05) is 16.7 Å². The maximum atomic E-state index is 11.4. The first kappa shape index (κ1) is 15.5. The molecule has 1 aromatic carbocycles. The summed E-state index contributed by atoms with van der Waals surface area (Å²) in [5.74, 6) is -0.442. The highest BCUT2D eigenvalue weighted by molar-refractivity contribution is 7.90. The third kappa shape index (κ3) is 3.80. The van der Waals surface area contributed by atoms with Crippen molar-refractivity contribution in [3.05, 3.63) is 46.2 Å². The Morgan fingerprint density at radius 2 is 1.81 bits per heavy atom. The lowest BCUT2D eigenvalue weighted by atomic mass is 10.1. The van der Waals surface area contributed by atoms with E-state index in [2.05, 4.69) is 0 Å². The predicted octanol–water partition coefficient (Wildman–Crippen LogP) is 2.71. The number of sulfone groups is 1. The van der Waals surface area contributed by atoms with Crippen LogP contribution < -0.4 is 5.73 Å². The Kier molecular flexibility index (Phi) is 4.29. The summed E-state index contributed by atoms with van der Waals surface area (Å²) < 4.78 is 22.8. The molecular weight excluding hydrogens is 306 g/mol. The molecule has 0 aliphatic heterocycles. The first-order chi connectivity index (χ1) is 9.77. The summed E-state index contributed by atoms with van der Waals surface area (Å²) >= 11 is 1.50. The minimum atomic E-state index is -3.18. The normalized spacial score (nSPS) is 12.4. The molecule has 0 atom stereocenters. The van der Waals surface area contributed by atoms with E-state index in [0.717, 1.165) is 16.0 Å². The zero-order chi connectivity index (χ0) is 15.6. The fraction of sp³-hybridized carbons (Fsp3) is 0.133. The number of thiophene rings is 1. The summed E-state index contributed by atoms with van der Waals surface area (Å²) in [5, 5.41) is 1.95. The van der Waals surface area contributed by atoms with Gasteiger partial charge in [-0.25, -0.2) is 8.42 Å². The molecule has 110 valence electrons. The molecule has 1 heterocycles. The first-order valence-corrected chi connectivity index (χ1v) is 8.91. The Morgan fingerprint density at radius 3 is 2.33 bits per heavy atom. The van der Waals surface area contributed by atoms with Gasteiger partial charge in [0.1, 0.15) is 0 Å². The smallest absolute Gasteiger partial charge is 0.244 e. The van der Waals surface area contributed by atoms with Crippen LogP contribution in [0.4, 0.5) is 0 Å². The van der Waals surface area contributed by atoms with Crippen molar-refractivity contribution in [2.75, 3.05) is 6.26 Å². The van der Waals surface area contributed by atoms with Gasteiger partial charge in [-0.3, -0.25) is 4.79 Å². The van der Waals surface area contributed by atoms with Crippen molar-refractivity contribution in [3.63, 3.8) is 0 Å². The molecule has 0 unspecified atom stereocenters. The van der Waals surface area contributed by atoms with E-state index in [0.29, 0.717) is 10.5 Å². The zero-order valence-corrected chi connectivity index (χ0v) is 13.3. The van der Waals surface area contributed by atoms with E-state index in [9.17, 15) is 13.2 Å². The van der Waals surface area contributed by atoms with Crippen LogP contribution in [0.15, 0.2) is 46.2 Å². The second-order valence-electron chi connectivity index (χ2n) is 4.73. The molecule has 0 saturated carbocycles. The Labute approximate surface area is 127 Å². The molecule has 2 rings (SSSR count). The van der Waals surface area contributed by atoms with Gasteiger partial charge in [-0.2, -0.15) is 0 Å².